The zero-order valence-corrected chi connectivity index (χ0v) is 13.2. The molecule has 1 aliphatic carbocycles. The Morgan fingerprint density at radius 1 is 1.33 bits per heavy atom. The van der Waals surface area contributed by atoms with Gasteiger partial charge >= 0.3 is 0 Å². The summed E-state index contributed by atoms with van der Waals surface area (Å²) in [6.07, 6.45) is 6.94. The number of fused-ring (bicyclic) bond motifs is 2. The minimum atomic E-state index is 0.261. The highest BCUT2D eigenvalue weighted by molar-refractivity contribution is 7.07. The first-order chi connectivity index (χ1) is 10.3. The number of aryl methyl sites for hydroxylation is 2. The van der Waals surface area contributed by atoms with Crippen LogP contribution in [0.2, 0.25) is 0 Å². The molecule has 2 aromatic rings. The predicted octanol–water partition coefficient (Wildman–Crippen LogP) is 2.72. The van der Waals surface area contributed by atoms with Crippen molar-refractivity contribution in [1.29, 1.82) is 0 Å². The Balaban J connectivity index is 1.60. The fourth-order valence-corrected chi connectivity index (χ4v) is 4.48. The minimum absolute atomic E-state index is 0.261. The van der Waals surface area contributed by atoms with Gasteiger partial charge in [-0.2, -0.15) is 0 Å². The summed E-state index contributed by atoms with van der Waals surface area (Å²) in [4.78, 5) is 16.2. The normalized spacial score (nSPS) is 25.4. The van der Waals surface area contributed by atoms with Crippen molar-refractivity contribution in [2.24, 2.45) is 0 Å². The number of hydrogen-bond acceptors (Lipinski definition) is 5. The molecule has 1 aliphatic heterocycles. The van der Waals surface area contributed by atoms with E-state index in [2.05, 4.69) is 20.2 Å². The molecule has 4 rings (SSSR count). The van der Waals surface area contributed by atoms with Gasteiger partial charge in [-0.15, -0.1) is 11.3 Å². The molecule has 3 heterocycles. The van der Waals surface area contributed by atoms with Gasteiger partial charge in [0.15, 0.2) is 0 Å². The number of thiazole rings is 1. The molecule has 2 aromatic heterocycles. The van der Waals surface area contributed by atoms with Crippen molar-refractivity contribution in [1.82, 2.24) is 19.9 Å². The van der Waals surface area contributed by atoms with Crippen molar-refractivity contribution in [3.8, 4) is 0 Å². The SMILES string of the molecule is Cc1ncc2c(n1)C1(CCCN(Cc3cscn3)C1)CC2. The fraction of sp³-hybridized carbons (Fsp3) is 0.562. The molecule has 1 fully saturated rings. The molecule has 21 heavy (non-hydrogen) atoms. The van der Waals surface area contributed by atoms with E-state index in [-0.39, 0.29) is 5.41 Å². The van der Waals surface area contributed by atoms with Crippen LogP contribution in [0.3, 0.4) is 0 Å². The molecule has 4 nitrogen and oxygen atoms in total. The second kappa shape index (κ2) is 5.14. The highest BCUT2D eigenvalue weighted by Crippen LogP contribution is 2.43. The zero-order chi connectivity index (χ0) is 14.3. The van der Waals surface area contributed by atoms with Gasteiger partial charge in [-0.25, -0.2) is 15.0 Å². The lowest BCUT2D eigenvalue weighted by molar-refractivity contribution is 0.135. The smallest absolute Gasteiger partial charge is 0.125 e. The van der Waals surface area contributed by atoms with Crippen molar-refractivity contribution >= 4 is 11.3 Å². The van der Waals surface area contributed by atoms with E-state index in [0.717, 1.165) is 25.3 Å². The lowest BCUT2D eigenvalue weighted by Gasteiger charge is -2.40. The van der Waals surface area contributed by atoms with Gasteiger partial charge in [0, 0.05) is 30.1 Å². The van der Waals surface area contributed by atoms with Crippen molar-refractivity contribution in [3.05, 3.63) is 39.9 Å². The van der Waals surface area contributed by atoms with E-state index in [1.54, 1.807) is 11.3 Å². The summed E-state index contributed by atoms with van der Waals surface area (Å²) in [6.45, 7) is 5.28. The Kier molecular flexibility index (Phi) is 3.27. The molecule has 0 bridgehead atoms. The third-order valence-corrected chi connectivity index (χ3v) is 5.52. The molecular weight excluding hydrogens is 280 g/mol. The van der Waals surface area contributed by atoms with E-state index < -0.39 is 0 Å². The molecule has 1 unspecified atom stereocenters. The average Bonchev–Trinajstić information content (AvgIpc) is 3.09. The molecule has 110 valence electrons. The van der Waals surface area contributed by atoms with Gasteiger partial charge in [-0.05, 0) is 44.7 Å². The highest BCUT2D eigenvalue weighted by atomic mass is 32.1. The molecule has 0 saturated carbocycles. The average molecular weight is 300 g/mol. The van der Waals surface area contributed by atoms with Crippen LogP contribution in [0.1, 0.15) is 42.0 Å². The molecule has 0 aromatic carbocycles. The molecule has 2 aliphatic rings. The highest BCUT2D eigenvalue weighted by Gasteiger charge is 2.43. The molecule has 0 amide bonds. The maximum absolute atomic E-state index is 4.81. The third-order valence-electron chi connectivity index (χ3n) is 4.89. The quantitative estimate of drug-likeness (QED) is 0.855. The standard InChI is InChI=1S/C16H20N4S/c1-12-17-7-13-3-5-16(15(13)19-12)4-2-6-20(10-16)8-14-9-21-11-18-14/h7,9,11H,2-6,8,10H2,1H3. The number of aromatic nitrogens is 3. The molecule has 0 radical (unpaired) electrons. The number of rotatable bonds is 2. The summed E-state index contributed by atoms with van der Waals surface area (Å²) >= 11 is 1.68. The predicted molar refractivity (Wildman–Crippen MR) is 83.4 cm³/mol. The number of nitrogens with zero attached hydrogens (tertiary/aromatic N) is 4. The van der Waals surface area contributed by atoms with Crippen molar-refractivity contribution in [3.63, 3.8) is 0 Å². The van der Waals surface area contributed by atoms with Crippen LogP contribution in [0.15, 0.2) is 17.1 Å². The lowest BCUT2D eigenvalue weighted by Crippen LogP contribution is -2.45. The Labute approximate surface area is 129 Å². The molecule has 1 spiro atoms. The first-order valence-electron chi connectivity index (χ1n) is 7.68. The van der Waals surface area contributed by atoms with Crippen LogP contribution in [-0.4, -0.2) is 32.9 Å². The van der Waals surface area contributed by atoms with E-state index in [1.165, 1.54) is 42.8 Å². The van der Waals surface area contributed by atoms with E-state index >= 15 is 0 Å². The number of hydrogen-bond donors (Lipinski definition) is 0. The van der Waals surface area contributed by atoms with Gasteiger partial charge in [0.05, 0.1) is 16.9 Å². The van der Waals surface area contributed by atoms with Gasteiger partial charge in [-0.1, -0.05) is 0 Å². The van der Waals surface area contributed by atoms with Crippen LogP contribution in [0, 0.1) is 6.92 Å². The fourth-order valence-electron chi connectivity index (χ4n) is 3.93. The summed E-state index contributed by atoms with van der Waals surface area (Å²) in [6, 6.07) is 0. The Morgan fingerprint density at radius 3 is 3.14 bits per heavy atom. The summed E-state index contributed by atoms with van der Waals surface area (Å²) < 4.78 is 0. The lowest BCUT2D eigenvalue weighted by atomic mass is 9.77. The second-order valence-electron chi connectivity index (χ2n) is 6.37. The van der Waals surface area contributed by atoms with Crippen LogP contribution < -0.4 is 0 Å². The van der Waals surface area contributed by atoms with E-state index in [1.807, 2.05) is 18.6 Å². The number of piperidine rings is 1. The Hall–Kier alpha value is -1.33. The molecule has 1 saturated heterocycles. The molecule has 1 atom stereocenters. The van der Waals surface area contributed by atoms with Crippen molar-refractivity contribution < 1.29 is 0 Å². The maximum Gasteiger partial charge on any atom is 0.125 e. The summed E-state index contributed by atoms with van der Waals surface area (Å²) in [5, 5.41) is 2.16. The van der Waals surface area contributed by atoms with Crippen molar-refractivity contribution in [2.45, 2.75) is 44.6 Å². The van der Waals surface area contributed by atoms with Crippen LogP contribution in [0.25, 0.3) is 0 Å². The molecular formula is C16H20N4S. The van der Waals surface area contributed by atoms with E-state index in [4.69, 9.17) is 4.98 Å². The van der Waals surface area contributed by atoms with Gasteiger partial charge in [0.1, 0.15) is 5.82 Å². The van der Waals surface area contributed by atoms with Gasteiger partial charge in [0.2, 0.25) is 0 Å². The summed E-state index contributed by atoms with van der Waals surface area (Å²) in [5.74, 6) is 0.909. The van der Waals surface area contributed by atoms with Gasteiger partial charge in [-0.3, -0.25) is 4.90 Å². The first-order valence-corrected chi connectivity index (χ1v) is 8.62. The Bertz CT molecular complexity index is 636. The van der Waals surface area contributed by atoms with E-state index in [9.17, 15) is 0 Å². The monoisotopic (exact) mass is 300 g/mol. The number of likely N-dealkylation sites (tertiary alicyclic amines) is 1. The van der Waals surface area contributed by atoms with Crippen LogP contribution in [0.4, 0.5) is 0 Å². The maximum atomic E-state index is 4.81. The topological polar surface area (TPSA) is 41.9 Å². The molecule has 5 heteroatoms. The van der Waals surface area contributed by atoms with Crippen molar-refractivity contribution in [2.75, 3.05) is 13.1 Å². The van der Waals surface area contributed by atoms with Crippen LogP contribution in [-0.2, 0) is 18.4 Å². The van der Waals surface area contributed by atoms with E-state index in [0.29, 0.717) is 0 Å². The summed E-state index contributed by atoms with van der Waals surface area (Å²) in [5.41, 5.74) is 6.09. The summed E-state index contributed by atoms with van der Waals surface area (Å²) in [7, 11) is 0. The zero-order valence-electron chi connectivity index (χ0n) is 12.4. The van der Waals surface area contributed by atoms with Gasteiger partial charge in [0.25, 0.3) is 0 Å². The minimum Gasteiger partial charge on any atom is -0.297 e. The van der Waals surface area contributed by atoms with Gasteiger partial charge < -0.3 is 0 Å². The first kappa shape index (κ1) is 13.3. The Morgan fingerprint density at radius 2 is 2.29 bits per heavy atom. The second-order valence-corrected chi connectivity index (χ2v) is 7.08. The largest absolute Gasteiger partial charge is 0.297 e. The molecule has 0 N–H and O–H groups in total. The van der Waals surface area contributed by atoms with Crippen LogP contribution >= 0.6 is 11.3 Å². The van der Waals surface area contributed by atoms with Crippen LogP contribution in [0.5, 0.6) is 0 Å². The third kappa shape index (κ3) is 2.38.